The van der Waals surface area contributed by atoms with Crippen molar-refractivity contribution in [3.8, 4) is 5.75 Å². The minimum atomic E-state index is -1.38. The first-order chi connectivity index (χ1) is 13.3. The molecule has 5 N–H and O–H groups in total. The second-order valence-corrected chi connectivity index (χ2v) is 9.38. The van der Waals surface area contributed by atoms with Crippen LogP contribution in [-0.4, -0.2) is 62.0 Å². The third-order valence-corrected chi connectivity index (χ3v) is 7.58. The van der Waals surface area contributed by atoms with Crippen LogP contribution >= 0.6 is 23.5 Å². The van der Waals surface area contributed by atoms with Gasteiger partial charge in [-0.15, -0.1) is 23.5 Å². The summed E-state index contributed by atoms with van der Waals surface area (Å²) in [4.78, 5) is 1.19. The summed E-state index contributed by atoms with van der Waals surface area (Å²) in [7, 11) is 0. The molecule has 28 heavy (non-hydrogen) atoms. The highest BCUT2D eigenvalue weighted by Gasteiger charge is 2.44. The van der Waals surface area contributed by atoms with Crippen molar-refractivity contribution in [2.24, 2.45) is 0 Å². The van der Waals surface area contributed by atoms with Gasteiger partial charge in [0.25, 0.3) is 0 Å². The second kappa shape index (κ2) is 9.07. The molecule has 1 saturated heterocycles. The van der Waals surface area contributed by atoms with E-state index < -0.39 is 28.8 Å². The van der Waals surface area contributed by atoms with Gasteiger partial charge >= 0.3 is 0 Å². The lowest BCUT2D eigenvalue weighted by Crippen LogP contribution is -2.51. The third-order valence-electron chi connectivity index (χ3n) is 5.24. The molecule has 2 aromatic rings. The van der Waals surface area contributed by atoms with Crippen LogP contribution in [0, 0.1) is 6.92 Å². The molecule has 5 nitrogen and oxygen atoms in total. The number of aliphatic hydroxyl groups excluding tert-OH is 4. The first-order valence-corrected chi connectivity index (χ1v) is 11.3. The fraction of sp³-hybridized carbons (Fsp3) is 0.429. The molecular weight excluding hydrogens is 396 g/mol. The van der Waals surface area contributed by atoms with Crippen LogP contribution < -0.4 is 0 Å². The Kier molecular flexibility index (Phi) is 6.96. The normalized spacial score (nSPS) is 27.7. The number of aromatic hydroxyl groups is 1. The predicted molar refractivity (Wildman–Crippen MR) is 113 cm³/mol. The average Bonchev–Trinajstić information content (AvgIpc) is 2.69. The first kappa shape index (κ1) is 21.5. The lowest BCUT2D eigenvalue weighted by molar-refractivity contribution is -0.0701. The van der Waals surface area contributed by atoms with E-state index in [1.165, 1.54) is 16.7 Å². The van der Waals surface area contributed by atoms with Crippen molar-refractivity contribution >= 4 is 23.5 Å². The van der Waals surface area contributed by atoms with Crippen molar-refractivity contribution in [3.63, 3.8) is 0 Å². The van der Waals surface area contributed by atoms with Gasteiger partial charge in [0.1, 0.15) is 11.9 Å². The number of thioether (sulfide) groups is 2. The van der Waals surface area contributed by atoms with E-state index in [4.69, 9.17) is 0 Å². The Hall–Kier alpha value is -1.22. The van der Waals surface area contributed by atoms with Crippen LogP contribution in [-0.2, 0) is 6.42 Å². The number of rotatable bonds is 5. The molecule has 7 heteroatoms. The molecular formula is C21H26O5S2. The van der Waals surface area contributed by atoms with Gasteiger partial charge in [0.05, 0.1) is 29.3 Å². The standard InChI is InChI=1S/C21H26O5S2/c1-11-7-16(23)15(21-20(26)19(25)18(24)17(10-22)28-21)9-13(11)8-12-3-5-14(27-2)6-4-12/h3-7,9,17-26H,8,10H2,1-2H3/t17-,18-,19+,20-,21+/m1/s1. The summed E-state index contributed by atoms with van der Waals surface area (Å²) in [6, 6.07) is 11.8. The van der Waals surface area contributed by atoms with Crippen LogP contribution in [0.1, 0.15) is 27.5 Å². The van der Waals surface area contributed by atoms with Gasteiger partial charge in [0, 0.05) is 10.5 Å². The number of hydrogen-bond acceptors (Lipinski definition) is 7. The largest absolute Gasteiger partial charge is 0.508 e. The summed E-state index contributed by atoms with van der Waals surface area (Å²) < 4.78 is 0. The summed E-state index contributed by atoms with van der Waals surface area (Å²) >= 11 is 2.86. The molecule has 0 amide bonds. The molecule has 0 spiro atoms. The summed E-state index contributed by atoms with van der Waals surface area (Å²) in [5.41, 5.74) is 3.59. The number of phenols is 1. The van der Waals surface area contributed by atoms with E-state index in [0.29, 0.717) is 12.0 Å². The molecule has 1 aliphatic rings. The summed E-state index contributed by atoms with van der Waals surface area (Å²) in [6.07, 6.45) is -1.14. The van der Waals surface area contributed by atoms with Crippen LogP contribution in [0.3, 0.4) is 0 Å². The summed E-state index contributed by atoms with van der Waals surface area (Å²) in [5, 5.41) is 49.4. The van der Waals surface area contributed by atoms with Crippen molar-refractivity contribution in [3.05, 3.63) is 58.7 Å². The van der Waals surface area contributed by atoms with Crippen LogP contribution in [0.25, 0.3) is 0 Å². The third kappa shape index (κ3) is 4.35. The monoisotopic (exact) mass is 422 g/mol. The molecule has 2 aromatic carbocycles. The van der Waals surface area contributed by atoms with Crippen LogP contribution in [0.15, 0.2) is 41.3 Å². The molecule has 1 aliphatic heterocycles. The van der Waals surface area contributed by atoms with Crippen LogP contribution in [0.4, 0.5) is 0 Å². The molecule has 0 radical (unpaired) electrons. The van der Waals surface area contributed by atoms with Crippen molar-refractivity contribution in [1.29, 1.82) is 0 Å². The highest BCUT2D eigenvalue weighted by atomic mass is 32.2. The molecule has 5 atom stereocenters. The van der Waals surface area contributed by atoms with Gasteiger partial charge in [-0.05, 0) is 54.5 Å². The zero-order valence-electron chi connectivity index (χ0n) is 15.8. The van der Waals surface area contributed by atoms with E-state index in [-0.39, 0.29) is 12.4 Å². The van der Waals surface area contributed by atoms with Gasteiger partial charge in [0.15, 0.2) is 0 Å². The molecule has 0 aromatic heterocycles. The van der Waals surface area contributed by atoms with Gasteiger partial charge in [0.2, 0.25) is 0 Å². The minimum Gasteiger partial charge on any atom is -0.508 e. The Morgan fingerprint density at radius 2 is 1.68 bits per heavy atom. The fourth-order valence-electron chi connectivity index (χ4n) is 3.50. The quantitative estimate of drug-likeness (QED) is 0.471. The molecule has 1 heterocycles. The van der Waals surface area contributed by atoms with E-state index in [0.717, 1.165) is 16.7 Å². The van der Waals surface area contributed by atoms with Crippen molar-refractivity contribution in [1.82, 2.24) is 0 Å². The maximum atomic E-state index is 10.5. The maximum Gasteiger partial charge on any atom is 0.120 e. The minimum absolute atomic E-state index is 0.0378. The van der Waals surface area contributed by atoms with E-state index in [1.807, 2.05) is 19.2 Å². The summed E-state index contributed by atoms with van der Waals surface area (Å²) in [6.45, 7) is 1.60. The fourth-order valence-corrected chi connectivity index (χ4v) is 5.35. The Bertz CT molecular complexity index is 809. The van der Waals surface area contributed by atoms with Crippen LogP contribution in [0.2, 0.25) is 0 Å². The number of hydrogen-bond donors (Lipinski definition) is 5. The number of phenolic OH excluding ortho intramolecular Hbond substituents is 1. The SMILES string of the molecule is CSc1ccc(Cc2cc([C@@H]3S[C@H](CO)[C@@H](O)[C@H](O)[C@H]3O)c(O)cc2C)cc1. The number of aryl methyl sites for hydroxylation is 1. The van der Waals surface area contributed by atoms with E-state index >= 15 is 0 Å². The Morgan fingerprint density at radius 3 is 2.29 bits per heavy atom. The van der Waals surface area contributed by atoms with E-state index in [9.17, 15) is 25.5 Å². The zero-order valence-corrected chi connectivity index (χ0v) is 17.5. The summed E-state index contributed by atoms with van der Waals surface area (Å²) in [5.74, 6) is 0.0378. The molecule has 0 aliphatic carbocycles. The lowest BCUT2D eigenvalue weighted by Gasteiger charge is -2.40. The first-order valence-electron chi connectivity index (χ1n) is 9.11. The number of aliphatic hydroxyl groups is 4. The molecule has 0 bridgehead atoms. The van der Waals surface area contributed by atoms with Gasteiger partial charge in [-0.1, -0.05) is 18.2 Å². The maximum absolute atomic E-state index is 10.5. The average molecular weight is 423 g/mol. The van der Waals surface area contributed by atoms with Crippen molar-refractivity contribution in [2.75, 3.05) is 12.9 Å². The Labute approximate surface area is 173 Å². The topological polar surface area (TPSA) is 101 Å². The van der Waals surface area contributed by atoms with Crippen LogP contribution in [0.5, 0.6) is 5.75 Å². The van der Waals surface area contributed by atoms with Gasteiger partial charge < -0.3 is 25.5 Å². The van der Waals surface area contributed by atoms with Gasteiger partial charge in [-0.25, -0.2) is 0 Å². The van der Waals surface area contributed by atoms with Crippen molar-refractivity contribution in [2.45, 2.75) is 47.1 Å². The molecule has 0 unspecified atom stereocenters. The smallest absolute Gasteiger partial charge is 0.120 e. The van der Waals surface area contributed by atoms with E-state index in [2.05, 4.69) is 24.3 Å². The van der Waals surface area contributed by atoms with Gasteiger partial charge in [-0.2, -0.15) is 0 Å². The van der Waals surface area contributed by atoms with E-state index in [1.54, 1.807) is 17.8 Å². The van der Waals surface area contributed by atoms with Crippen molar-refractivity contribution < 1.29 is 25.5 Å². The van der Waals surface area contributed by atoms with Gasteiger partial charge in [-0.3, -0.25) is 0 Å². The highest BCUT2D eigenvalue weighted by Crippen LogP contribution is 2.46. The Morgan fingerprint density at radius 1 is 1.00 bits per heavy atom. The zero-order chi connectivity index (χ0) is 20.4. The molecule has 1 fully saturated rings. The molecule has 0 saturated carbocycles. The second-order valence-electron chi connectivity index (χ2n) is 7.11. The predicted octanol–water partition coefficient (Wildman–Crippen LogP) is 2.24. The highest BCUT2D eigenvalue weighted by molar-refractivity contribution is 8.00. The molecule has 3 rings (SSSR count). The lowest BCUT2D eigenvalue weighted by atomic mass is 9.92. The molecule has 152 valence electrons. The number of benzene rings is 2. The Balaban J connectivity index is 1.92.